The van der Waals surface area contributed by atoms with Crippen LogP contribution in [-0.2, 0) is 0 Å². The number of nitrogens with zero attached hydrogens (tertiary/aromatic N) is 2. The summed E-state index contributed by atoms with van der Waals surface area (Å²) in [6.07, 6.45) is 5.67. The molecule has 1 aliphatic heterocycles. The van der Waals surface area contributed by atoms with Gasteiger partial charge in [0.15, 0.2) is 0 Å². The third kappa shape index (κ3) is 4.12. The molecule has 2 heterocycles. The van der Waals surface area contributed by atoms with Gasteiger partial charge in [-0.1, -0.05) is 11.6 Å². The average Bonchev–Trinajstić information content (AvgIpc) is 2.30. The van der Waals surface area contributed by atoms with Crippen molar-refractivity contribution >= 4 is 30.0 Å². The third-order valence-corrected chi connectivity index (χ3v) is 2.82. The first-order chi connectivity index (χ1) is 7.34. The van der Waals surface area contributed by atoms with Gasteiger partial charge in [0.05, 0.1) is 17.4 Å². The van der Waals surface area contributed by atoms with E-state index in [-0.39, 0.29) is 12.4 Å². The summed E-state index contributed by atoms with van der Waals surface area (Å²) in [6, 6.07) is 0. The van der Waals surface area contributed by atoms with Crippen molar-refractivity contribution in [2.24, 2.45) is 5.92 Å². The molecule has 1 aromatic heterocycles. The maximum atomic E-state index is 5.70. The average molecular weight is 263 g/mol. The van der Waals surface area contributed by atoms with Crippen molar-refractivity contribution in [1.29, 1.82) is 0 Å². The molecule has 1 fully saturated rings. The maximum Gasteiger partial charge on any atom is 0.222 e. The summed E-state index contributed by atoms with van der Waals surface area (Å²) in [5.74, 6) is 1.39. The van der Waals surface area contributed by atoms with Crippen LogP contribution in [-0.4, -0.2) is 29.6 Å². The van der Waals surface area contributed by atoms with Crippen LogP contribution < -0.4 is 10.6 Å². The number of rotatable bonds is 3. The Morgan fingerprint density at radius 1 is 1.31 bits per heavy atom. The fraction of sp³-hybridized carbons (Fsp3) is 0.600. The van der Waals surface area contributed by atoms with Crippen molar-refractivity contribution in [3.63, 3.8) is 0 Å². The van der Waals surface area contributed by atoms with Crippen molar-refractivity contribution in [1.82, 2.24) is 15.3 Å². The molecule has 1 saturated heterocycles. The number of aromatic nitrogens is 2. The van der Waals surface area contributed by atoms with Gasteiger partial charge in [0.1, 0.15) is 0 Å². The Kier molecular flexibility index (Phi) is 5.80. The summed E-state index contributed by atoms with van der Waals surface area (Å²) in [5.41, 5.74) is 0. The van der Waals surface area contributed by atoms with Crippen LogP contribution in [0.25, 0.3) is 0 Å². The van der Waals surface area contributed by atoms with E-state index in [2.05, 4.69) is 20.6 Å². The minimum Gasteiger partial charge on any atom is -0.354 e. The Bertz CT molecular complexity index is 298. The smallest absolute Gasteiger partial charge is 0.222 e. The molecular weight excluding hydrogens is 247 g/mol. The second-order valence-corrected chi connectivity index (χ2v) is 4.24. The van der Waals surface area contributed by atoms with Crippen LogP contribution in [0.2, 0.25) is 5.02 Å². The van der Waals surface area contributed by atoms with Crippen LogP contribution >= 0.6 is 24.0 Å². The highest BCUT2D eigenvalue weighted by Gasteiger charge is 2.12. The predicted octanol–water partition coefficient (Wildman–Crippen LogP) is 1.96. The van der Waals surface area contributed by atoms with Crippen molar-refractivity contribution in [2.45, 2.75) is 12.8 Å². The van der Waals surface area contributed by atoms with Gasteiger partial charge in [-0.15, -0.1) is 12.4 Å². The van der Waals surface area contributed by atoms with Gasteiger partial charge in [-0.05, 0) is 31.8 Å². The molecule has 2 N–H and O–H groups in total. The Morgan fingerprint density at radius 2 is 1.94 bits per heavy atom. The topological polar surface area (TPSA) is 49.8 Å². The molecule has 0 atom stereocenters. The Morgan fingerprint density at radius 3 is 2.56 bits per heavy atom. The molecule has 2 rings (SSSR count). The molecule has 1 aromatic rings. The monoisotopic (exact) mass is 262 g/mol. The maximum absolute atomic E-state index is 5.70. The standard InChI is InChI=1S/C10H15ClN4.ClH/c11-9-6-14-10(15-7-9)13-5-8-1-3-12-4-2-8;/h6-8,12H,1-5H2,(H,13,14,15);1H. The van der Waals surface area contributed by atoms with E-state index in [0.717, 1.165) is 25.6 Å². The van der Waals surface area contributed by atoms with Crippen LogP contribution in [0.15, 0.2) is 12.4 Å². The quantitative estimate of drug-likeness (QED) is 0.875. The largest absolute Gasteiger partial charge is 0.354 e. The lowest BCUT2D eigenvalue weighted by atomic mass is 9.98. The lowest BCUT2D eigenvalue weighted by Gasteiger charge is -2.22. The second-order valence-electron chi connectivity index (χ2n) is 3.80. The normalized spacial score (nSPS) is 16.6. The van der Waals surface area contributed by atoms with Gasteiger partial charge in [-0.3, -0.25) is 0 Å². The molecule has 0 aliphatic carbocycles. The SMILES string of the molecule is Cl.Clc1cnc(NCC2CCNCC2)nc1. The lowest BCUT2D eigenvalue weighted by molar-refractivity contribution is 0.389. The molecule has 16 heavy (non-hydrogen) atoms. The predicted molar refractivity (Wildman–Crippen MR) is 68.4 cm³/mol. The molecule has 0 saturated carbocycles. The number of nitrogens with one attached hydrogen (secondary N) is 2. The van der Waals surface area contributed by atoms with E-state index in [1.807, 2.05) is 0 Å². The van der Waals surface area contributed by atoms with Gasteiger partial charge >= 0.3 is 0 Å². The summed E-state index contributed by atoms with van der Waals surface area (Å²) in [4.78, 5) is 8.19. The van der Waals surface area contributed by atoms with E-state index >= 15 is 0 Å². The van der Waals surface area contributed by atoms with Crippen LogP contribution in [0, 0.1) is 5.92 Å². The van der Waals surface area contributed by atoms with E-state index in [1.165, 1.54) is 12.8 Å². The van der Waals surface area contributed by atoms with Crippen molar-refractivity contribution < 1.29 is 0 Å². The molecule has 90 valence electrons. The Hall–Kier alpha value is -0.580. The molecule has 6 heteroatoms. The van der Waals surface area contributed by atoms with Crippen molar-refractivity contribution in [2.75, 3.05) is 25.0 Å². The summed E-state index contributed by atoms with van der Waals surface area (Å²) in [5, 5.41) is 7.15. The summed E-state index contributed by atoms with van der Waals surface area (Å²) in [6.45, 7) is 3.19. The molecule has 1 aliphatic rings. The molecule has 0 bridgehead atoms. The highest BCUT2D eigenvalue weighted by Crippen LogP contribution is 2.12. The first-order valence-electron chi connectivity index (χ1n) is 5.27. The molecule has 0 unspecified atom stereocenters. The van der Waals surface area contributed by atoms with Crippen LogP contribution in [0.5, 0.6) is 0 Å². The van der Waals surface area contributed by atoms with E-state index < -0.39 is 0 Å². The number of anilines is 1. The summed E-state index contributed by atoms with van der Waals surface area (Å²) < 4.78 is 0. The van der Waals surface area contributed by atoms with Gasteiger partial charge in [-0.25, -0.2) is 9.97 Å². The van der Waals surface area contributed by atoms with Gasteiger partial charge < -0.3 is 10.6 Å². The fourth-order valence-electron chi connectivity index (χ4n) is 1.73. The van der Waals surface area contributed by atoms with E-state index in [4.69, 9.17) is 11.6 Å². The van der Waals surface area contributed by atoms with Gasteiger partial charge in [0, 0.05) is 6.54 Å². The number of piperidine rings is 1. The summed E-state index contributed by atoms with van der Waals surface area (Å²) in [7, 11) is 0. The zero-order valence-electron chi connectivity index (χ0n) is 8.95. The molecular formula is C10H16Cl2N4. The highest BCUT2D eigenvalue weighted by molar-refractivity contribution is 6.30. The van der Waals surface area contributed by atoms with E-state index in [9.17, 15) is 0 Å². The van der Waals surface area contributed by atoms with Crippen molar-refractivity contribution in [3.05, 3.63) is 17.4 Å². The Labute approximate surface area is 107 Å². The number of halogens is 2. The van der Waals surface area contributed by atoms with Crippen molar-refractivity contribution in [3.8, 4) is 0 Å². The zero-order chi connectivity index (χ0) is 10.5. The third-order valence-electron chi connectivity index (χ3n) is 2.63. The minimum atomic E-state index is 0. The van der Waals surface area contributed by atoms with Crippen LogP contribution in [0.3, 0.4) is 0 Å². The number of hydrogen-bond acceptors (Lipinski definition) is 4. The molecule has 0 amide bonds. The lowest BCUT2D eigenvalue weighted by Crippen LogP contribution is -2.31. The van der Waals surface area contributed by atoms with Crippen LogP contribution in [0.4, 0.5) is 5.95 Å². The van der Waals surface area contributed by atoms with Crippen LogP contribution in [0.1, 0.15) is 12.8 Å². The fourth-order valence-corrected chi connectivity index (χ4v) is 1.82. The highest BCUT2D eigenvalue weighted by atomic mass is 35.5. The summed E-state index contributed by atoms with van der Waals surface area (Å²) >= 11 is 5.70. The second kappa shape index (κ2) is 6.89. The zero-order valence-corrected chi connectivity index (χ0v) is 10.5. The van der Waals surface area contributed by atoms with E-state index in [0.29, 0.717) is 11.0 Å². The Balaban J connectivity index is 0.00000128. The van der Waals surface area contributed by atoms with Gasteiger partial charge in [0.2, 0.25) is 5.95 Å². The van der Waals surface area contributed by atoms with E-state index in [1.54, 1.807) is 12.4 Å². The number of hydrogen-bond donors (Lipinski definition) is 2. The molecule has 0 spiro atoms. The van der Waals surface area contributed by atoms with Gasteiger partial charge in [0.25, 0.3) is 0 Å². The molecule has 0 aromatic carbocycles. The minimum absolute atomic E-state index is 0. The molecule has 4 nitrogen and oxygen atoms in total. The molecule has 0 radical (unpaired) electrons. The first-order valence-corrected chi connectivity index (χ1v) is 5.64. The first kappa shape index (κ1) is 13.5. The van der Waals surface area contributed by atoms with Gasteiger partial charge in [-0.2, -0.15) is 0 Å².